The molecule has 1 heterocycles. The molecule has 8 aromatic carbocycles. The van der Waals surface area contributed by atoms with Crippen molar-refractivity contribution < 1.29 is 0 Å². The molecule has 0 atom stereocenters. The van der Waals surface area contributed by atoms with Gasteiger partial charge >= 0.3 is 0 Å². The van der Waals surface area contributed by atoms with Gasteiger partial charge in [0, 0.05) is 43.9 Å². The van der Waals surface area contributed by atoms with Gasteiger partial charge in [0.05, 0.1) is 11.0 Å². The third kappa shape index (κ3) is 5.24. The number of hydrogen-bond donors (Lipinski definition) is 0. The van der Waals surface area contributed by atoms with Gasteiger partial charge in [0.2, 0.25) is 0 Å². The monoisotopic (exact) mass is 646 g/mol. The number of hydrogen-bond acceptors (Lipinski definition) is 1. The minimum atomic E-state index is 0.683. The molecular weight excluding hydrogens is 616 g/mol. The molecule has 9 rings (SSSR count). The minimum absolute atomic E-state index is 0.683. The lowest BCUT2D eigenvalue weighted by molar-refractivity contribution is 1.19. The highest BCUT2D eigenvalue weighted by molar-refractivity contribution is 6.31. The van der Waals surface area contributed by atoms with E-state index in [1.54, 1.807) is 0 Å². The van der Waals surface area contributed by atoms with Gasteiger partial charge in [-0.05, 0) is 88.3 Å². The molecule has 0 amide bonds. The summed E-state index contributed by atoms with van der Waals surface area (Å²) >= 11 is 6.99. The van der Waals surface area contributed by atoms with Crippen LogP contribution in [0.2, 0.25) is 5.02 Å². The molecule has 0 N–H and O–H groups in total. The van der Waals surface area contributed by atoms with Gasteiger partial charge in [-0.3, -0.25) is 0 Å². The topological polar surface area (TPSA) is 8.17 Å². The van der Waals surface area contributed by atoms with Crippen molar-refractivity contribution in [3.8, 4) is 27.9 Å². The van der Waals surface area contributed by atoms with Crippen molar-refractivity contribution in [2.24, 2.45) is 0 Å². The van der Waals surface area contributed by atoms with Gasteiger partial charge in [0.1, 0.15) is 0 Å². The number of para-hydroxylation sites is 2. The zero-order valence-electron chi connectivity index (χ0n) is 26.7. The summed E-state index contributed by atoms with van der Waals surface area (Å²) in [6, 6.07) is 66.7. The first-order valence-electron chi connectivity index (χ1n) is 16.5. The number of fused-ring (bicyclic) bond motifs is 5. The van der Waals surface area contributed by atoms with Crippen molar-refractivity contribution in [3.05, 3.63) is 193 Å². The molecule has 232 valence electrons. The summed E-state index contributed by atoms with van der Waals surface area (Å²) in [6.45, 7) is 0. The zero-order chi connectivity index (χ0) is 32.7. The second kappa shape index (κ2) is 12.2. The van der Waals surface area contributed by atoms with Crippen LogP contribution in [0.15, 0.2) is 188 Å². The largest absolute Gasteiger partial charge is 0.310 e. The van der Waals surface area contributed by atoms with Crippen LogP contribution in [-0.4, -0.2) is 4.57 Å². The molecule has 3 heteroatoms. The van der Waals surface area contributed by atoms with Gasteiger partial charge in [0.25, 0.3) is 0 Å². The molecule has 0 radical (unpaired) electrons. The summed E-state index contributed by atoms with van der Waals surface area (Å²) in [6.07, 6.45) is 0. The van der Waals surface area contributed by atoms with E-state index >= 15 is 0 Å². The fourth-order valence-electron chi connectivity index (χ4n) is 7.15. The summed E-state index contributed by atoms with van der Waals surface area (Å²) in [5.41, 5.74) is 11.1. The Morgan fingerprint density at radius 3 is 1.84 bits per heavy atom. The van der Waals surface area contributed by atoms with Crippen molar-refractivity contribution in [1.82, 2.24) is 4.57 Å². The molecule has 0 aliphatic heterocycles. The van der Waals surface area contributed by atoms with Crippen LogP contribution < -0.4 is 4.90 Å². The maximum Gasteiger partial charge on any atom is 0.0619 e. The Kier molecular flexibility index (Phi) is 7.22. The molecule has 0 unspecified atom stereocenters. The normalized spacial score (nSPS) is 11.4. The van der Waals surface area contributed by atoms with E-state index in [0.29, 0.717) is 5.02 Å². The number of anilines is 3. The molecule has 2 nitrogen and oxygen atoms in total. The van der Waals surface area contributed by atoms with Gasteiger partial charge in [-0.15, -0.1) is 0 Å². The van der Waals surface area contributed by atoms with Crippen LogP contribution in [0.1, 0.15) is 0 Å². The van der Waals surface area contributed by atoms with Crippen molar-refractivity contribution in [3.63, 3.8) is 0 Å². The maximum absolute atomic E-state index is 6.99. The molecule has 0 aliphatic carbocycles. The van der Waals surface area contributed by atoms with Crippen molar-refractivity contribution in [1.29, 1.82) is 0 Å². The molecule has 0 saturated heterocycles. The first kappa shape index (κ1) is 29.1. The fourth-order valence-corrected chi connectivity index (χ4v) is 7.38. The summed E-state index contributed by atoms with van der Waals surface area (Å²) in [4.78, 5) is 2.29. The lowest BCUT2D eigenvalue weighted by Gasteiger charge is -2.27. The van der Waals surface area contributed by atoms with Crippen LogP contribution in [-0.2, 0) is 0 Å². The van der Waals surface area contributed by atoms with E-state index < -0.39 is 0 Å². The van der Waals surface area contributed by atoms with E-state index in [2.05, 4.69) is 198 Å². The smallest absolute Gasteiger partial charge is 0.0619 e. The van der Waals surface area contributed by atoms with Crippen LogP contribution in [0.5, 0.6) is 0 Å². The first-order valence-corrected chi connectivity index (χ1v) is 16.9. The highest BCUT2D eigenvalue weighted by atomic mass is 35.5. The Morgan fingerprint density at radius 1 is 0.388 bits per heavy atom. The van der Waals surface area contributed by atoms with E-state index in [9.17, 15) is 0 Å². The highest BCUT2D eigenvalue weighted by Gasteiger charge is 2.18. The van der Waals surface area contributed by atoms with E-state index in [0.717, 1.165) is 45.0 Å². The number of nitrogens with zero attached hydrogens (tertiary/aromatic N) is 2. The number of benzene rings is 8. The van der Waals surface area contributed by atoms with E-state index in [1.165, 1.54) is 32.6 Å². The van der Waals surface area contributed by atoms with Gasteiger partial charge in [0.15, 0.2) is 0 Å². The highest BCUT2D eigenvalue weighted by Crippen LogP contribution is 2.42. The Labute approximate surface area is 290 Å². The molecule has 0 fully saturated rings. The molecule has 0 spiro atoms. The van der Waals surface area contributed by atoms with E-state index in [4.69, 9.17) is 11.6 Å². The molecular formula is C46H31ClN2. The third-order valence-electron chi connectivity index (χ3n) is 9.37. The second-order valence-electron chi connectivity index (χ2n) is 12.4. The van der Waals surface area contributed by atoms with Gasteiger partial charge in [-0.25, -0.2) is 0 Å². The van der Waals surface area contributed by atoms with Crippen molar-refractivity contribution in [2.45, 2.75) is 0 Å². The Morgan fingerprint density at radius 2 is 1.02 bits per heavy atom. The molecule has 0 saturated carbocycles. The average molecular weight is 647 g/mol. The quantitative estimate of drug-likeness (QED) is 0.174. The fraction of sp³-hybridized carbons (Fsp3) is 0. The zero-order valence-corrected chi connectivity index (χ0v) is 27.4. The average Bonchev–Trinajstić information content (AvgIpc) is 3.50. The van der Waals surface area contributed by atoms with Crippen molar-refractivity contribution >= 4 is 61.2 Å². The maximum atomic E-state index is 6.99. The van der Waals surface area contributed by atoms with Gasteiger partial charge < -0.3 is 9.47 Å². The lowest BCUT2D eigenvalue weighted by Crippen LogP contribution is -2.10. The number of rotatable bonds is 6. The summed E-state index contributed by atoms with van der Waals surface area (Å²) in [5.74, 6) is 0. The van der Waals surface area contributed by atoms with Crippen LogP contribution >= 0.6 is 11.6 Å². The van der Waals surface area contributed by atoms with Gasteiger partial charge in [-0.1, -0.05) is 139 Å². The first-order chi connectivity index (χ1) is 24.2. The predicted octanol–water partition coefficient (Wildman–Crippen LogP) is 13.4. The Bertz CT molecular complexity index is 2610. The molecule has 9 aromatic rings. The third-order valence-corrected chi connectivity index (χ3v) is 9.59. The minimum Gasteiger partial charge on any atom is -0.310 e. The standard InChI is InChI=1S/C46H31ClN2/c47-37-27-36(29-41(31-37)48(38-17-6-2-7-18-38)40-21-12-16-34(28-40)32-13-4-1-5-14-32)35-24-25-43-44-26-23-33-15-10-11-22-42(33)46(44)49(45(43)30-35)39-19-8-3-9-20-39/h1-31H. The SMILES string of the molecule is Clc1cc(-c2ccc3c4ccc5ccccc5c4n(-c4ccccc4)c3c2)cc(N(c2ccccc2)c2cccc(-c3ccccc3)c2)c1. The molecule has 0 bridgehead atoms. The van der Waals surface area contributed by atoms with Gasteiger partial charge in [-0.2, -0.15) is 0 Å². The Balaban J connectivity index is 1.24. The predicted molar refractivity (Wildman–Crippen MR) is 209 cm³/mol. The second-order valence-corrected chi connectivity index (χ2v) is 12.8. The number of halogens is 1. The van der Waals surface area contributed by atoms with Crippen LogP contribution in [0.3, 0.4) is 0 Å². The lowest BCUT2D eigenvalue weighted by atomic mass is 10.0. The van der Waals surface area contributed by atoms with Crippen molar-refractivity contribution in [2.75, 3.05) is 4.90 Å². The van der Waals surface area contributed by atoms with Crippen LogP contribution in [0, 0.1) is 0 Å². The van der Waals surface area contributed by atoms with E-state index in [1.807, 2.05) is 0 Å². The molecule has 0 aliphatic rings. The molecule has 1 aromatic heterocycles. The van der Waals surface area contributed by atoms with Crippen LogP contribution in [0.4, 0.5) is 17.1 Å². The van der Waals surface area contributed by atoms with E-state index in [-0.39, 0.29) is 0 Å². The summed E-state index contributed by atoms with van der Waals surface area (Å²) in [7, 11) is 0. The summed E-state index contributed by atoms with van der Waals surface area (Å²) < 4.78 is 2.41. The molecule has 49 heavy (non-hydrogen) atoms. The Hall–Kier alpha value is -6.09. The van der Waals surface area contributed by atoms with Crippen LogP contribution in [0.25, 0.3) is 60.5 Å². The summed E-state index contributed by atoms with van der Waals surface area (Å²) in [5, 5.41) is 5.61. The number of aromatic nitrogens is 1.